The topological polar surface area (TPSA) is 127 Å². The summed E-state index contributed by atoms with van der Waals surface area (Å²) >= 11 is 0. The highest BCUT2D eigenvalue weighted by Gasteiger charge is 2.56. The number of fused-ring (bicyclic) bond motifs is 32. The predicted molar refractivity (Wildman–Crippen MR) is 190 cm³/mol. The largest absolute Gasteiger partial charge is 0.446 e. The summed E-state index contributed by atoms with van der Waals surface area (Å²) in [6.45, 7) is 0. The third kappa shape index (κ3) is 3.37. The molecule has 8 bridgehead atoms. The van der Waals surface area contributed by atoms with Crippen LogP contribution in [0.5, 0.6) is 11.5 Å². The lowest BCUT2D eigenvalue weighted by atomic mass is 9.74. The van der Waals surface area contributed by atoms with Crippen molar-refractivity contribution in [1.29, 1.82) is 0 Å². The third-order valence-corrected chi connectivity index (χ3v) is 15.0. The molecule has 5 aromatic rings. The van der Waals surface area contributed by atoms with Gasteiger partial charge >= 0.3 is 20.8 Å². The molecule has 0 radical (unpaired) electrons. The van der Waals surface area contributed by atoms with Crippen LogP contribution in [0, 0.1) is 0 Å². The highest BCUT2D eigenvalue weighted by Crippen LogP contribution is 2.71. The molecule has 8 aliphatic rings. The maximum atomic E-state index is 12.7. The van der Waals surface area contributed by atoms with Crippen molar-refractivity contribution in [2.45, 2.75) is 73.0 Å². The molecule has 13 rings (SSSR count). The summed E-state index contributed by atoms with van der Waals surface area (Å²) < 4.78 is 82.7. The van der Waals surface area contributed by atoms with Crippen molar-refractivity contribution in [3.05, 3.63) is 162 Å². The summed E-state index contributed by atoms with van der Waals surface area (Å²) in [5, 5.41) is 0. The number of benzene rings is 5. The predicted octanol–water partition coefficient (Wildman–Crippen LogP) is 7.97. The molecule has 8 atom stereocenters. The van der Waals surface area contributed by atoms with Gasteiger partial charge in [-0.05, 0) is 92.4 Å². The van der Waals surface area contributed by atoms with Gasteiger partial charge in [0.1, 0.15) is 0 Å². The molecule has 5 aromatic carbocycles. The molecule has 10 heteroatoms. The van der Waals surface area contributed by atoms with E-state index in [0.29, 0.717) is 58.8 Å². The zero-order valence-corrected chi connectivity index (χ0v) is 29.2. The van der Waals surface area contributed by atoms with Crippen LogP contribution in [0.2, 0.25) is 0 Å². The van der Waals surface area contributed by atoms with E-state index in [4.69, 9.17) is 8.37 Å². The second-order valence-corrected chi connectivity index (χ2v) is 18.2. The summed E-state index contributed by atoms with van der Waals surface area (Å²) in [4.78, 5) is 0. The van der Waals surface area contributed by atoms with Gasteiger partial charge in [0.05, 0.1) is 0 Å². The summed E-state index contributed by atoms with van der Waals surface area (Å²) in [6.07, 6.45) is 3.20. The number of rotatable bonds is 4. The van der Waals surface area contributed by atoms with Crippen molar-refractivity contribution in [2.75, 3.05) is 0 Å². The van der Waals surface area contributed by atoms with Crippen molar-refractivity contribution in [3.8, 4) is 11.5 Å². The quantitative estimate of drug-likeness (QED) is 0.179. The van der Waals surface area contributed by atoms with Crippen LogP contribution in [-0.2, 0) is 20.8 Å². The molecule has 52 heavy (non-hydrogen) atoms. The van der Waals surface area contributed by atoms with Gasteiger partial charge in [-0.15, -0.1) is 0 Å². The third-order valence-electron chi connectivity index (χ3n) is 14.3. The Morgan fingerprint density at radius 3 is 0.865 bits per heavy atom. The van der Waals surface area contributed by atoms with Crippen molar-refractivity contribution in [2.24, 2.45) is 0 Å². The summed E-state index contributed by atoms with van der Waals surface area (Å²) in [5.41, 5.74) is 17.1. The van der Waals surface area contributed by atoms with Crippen LogP contribution < -0.4 is 8.37 Å². The zero-order chi connectivity index (χ0) is 34.7. The first kappa shape index (κ1) is 29.0. The van der Waals surface area contributed by atoms with E-state index in [2.05, 4.69) is 72.8 Å². The monoisotopic (exact) mass is 726 g/mol. The molecule has 0 aromatic heterocycles. The molecule has 0 saturated heterocycles. The van der Waals surface area contributed by atoms with Crippen molar-refractivity contribution < 1.29 is 34.3 Å². The molecule has 258 valence electrons. The van der Waals surface area contributed by atoms with E-state index >= 15 is 0 Å². The zero-order valence-electron chi connectivity index (χ0n) is 27.5. The molecule has 0 saturated carbocycles. The molecule has 0 aliphatic heterocycles. The Morgan fingerprint density at radius 2 is 0.615 bits per heavy atom. The molecule has 8 nitrogen and oxygen atoms in total. The molecule has 0 heterocycles. The molecule has 5 unspecified atom stereocenters. The first-order valence-corrected chi connectivity index (χ1v) is 20.9. The van der Waals surface area contributed by atoms with Crippen molar-refractivity contribution >= 4 is 20.8 Å². The lowest BCUT2D eigenvalue weighted by Gasteiger charge is -2.32. The Balaban J connectivity index is 1.03. The van der Waals surface area contributed by atoms with Gasteiger partial charge in [0.15, 0.2) is 11.5 Å². The lowest BCUT2D eigenvalue weighted by Crippen LogP contribution is -2.20. The van der Waals surface area contributed by atoms with Crippen LogP contribution in [0.1, 0.15) is 162 Å². The molecule has 0 spiro atoms. The van der Waals surface area contributed by atoms with Crippen LogP contribution in [0.25, 0.3) is 0 Å². The Morgan fingerprint density at radius 1 is 0.385 bits per heavy atom. The van der Waals surface area contributed by atoms with E-state index in [9.17, 15) is 25.9 Å². The Hall–Kier alpha value is -4.48. The molecule has 0 fully saturated rings. The molecular formula is C42H30O8S2. The van der Waals surface area contributed by atoms with Gasteiger partial charge in [-0.1, -0.05) is 72.8 Å². The smallest absolute Gasteiger partial charge is 0.361 e. The fourth-order valence-corrected chi connectivity index (χ4v) is 13.6. The highest BCUT2D eigenvalue weighted by atomic mass is 32.3. The normalized spacial score (nSPS) is 29.0. The second-order valence-electron chi connectivity index (χ2n) is 16.2. The lowest BCUT2D eigenvalue weighted by molar-refractivity contribution is 0.375. The standard InChI is InChI=1S/C42H30O8S2/c43-51(44,45)49-41-37-33-15-34(30-12-26-22-9-21(25(26)11-29(30)33)17-5-1-2-6-18(17)22)38(37)42(50-52(46,47)48)40-36-16-35(39(40)41)31-13-27-23-10-24(28(27)14-32(31)36)20-8-4-3-7-19(20)23/h1-8,11-14,21-24,33-36H,9-10,15-16H2,(H,43,44,45)(H,46,47,48)/t21-,22?,23?,24?,33?,34+,35+,36?/m1/s1. The van der Waals surface area contributed by atoms with Crippen LogP contribution >= 0.6 is 0 Å². The van der Waals surface area contributed by atoms with E-state index in [-0.39, 0.29) is 35.2 Å². The van der Waals surface area contributed by atoms with Crippen LogP contribution in [-0.4, -0.2) is 25.9 Å². The van der Waals surface area contributed by atoms with E-state index in [1.54, 1.807) is 0 Å². The average molecular weight is 727 g/mol. The molecule has 0 amide bonds. The SMILES string of the molecule is O=S(=O)(O)Oc1c2c(c(OS(=O)(=O)O)c3c1[C@H]1CC3c3cc4c(cc31)C1CC4c3ccccc31)[C@H]1CC2c2cc3c(cc21)C1C[C@@H]3c2ccccc21. The fraction of sp³-hybridized carbons (Fsp3) is 0.286. The Kier molecular flexibility index (Phi) is 5.02. The summed E-state index contributed by atoms with van der Waals surface area (Å²) in [7, 11) is -9.93. The second kappa shape index (κ2) is 8.99. The number of hydrogen-bond donors (Lipinski definition) is 2. The van der Waals surface area contributed by atoms with Gasteiger partial charge in [-0.25, -0.2) is 0 Å². The van der Waals surface area contributed by atoms with Crippen LogP contribution in [0.3, 0.4) is 0 Å². The van der Waals surface area contributed by atoms with E-state index in [1.807, 2.05) is 0 Å². The number of hydrogen-bond acceptors (Lipinski definition) is 6. The Labute approximate surface area is 300 Å². The van der Waals surface area contributed by atoms with Gasteiger partial charge in [-0.2, -0.15) is 16.8 Å². The summed E-state index contributed by atoms with van der Waals surface area (Å²) in [5.74, 6) is 0.158. The van der Waals surface area contributed by atoms with Gasteiger partial charge in [0.25, 0.3) is 0 Å². The van der Waals surface area contributed by atoms with Gasteiger partial charge < -0.3 is 8.37 Å². The summed E-state index contributed by atoms with van der Waals surface area (Å²) in [6, 6.07) is 26.3. The minimum Gasteiger partial charge on any atom is -0.361 e. The average Bonchev–Trinajstić information content (AvgIpc) is 3.98. The first-order chi connectivity index (χ1) is 25.0. The molecule has 8 aliphatic carbocycles. The van der Waals surface area contributed by atoms with Gasteiger partial charge in [0, 0.05) is 69.6 Å². The first-order valence-electron chi connectivity index (χ1n) is 18.1. The molecule has 2 N–H and O–H groups in total. The Bertz CT molecular complexity index is 2480. The molecular weight excluding hydrogens is 697 g/mol. The maximum Gasteiger partial charge on any atom is 0.446 e. The van der Waals surface area contributed by atoms with Crippen LogP contribution in [0.15, 0.2) is 72.8 Å². The van der Waals surface area contributed by atoms with Crippen molar-refractivity contribution in [3.63, 3.8) is 0 Å². The fourth-order valence-electron chi connectivity index (χ4n) is 12.8. The van der Waals surface area contributed by atoms with Crippen molar-refractivity contribution in [1.82, 2.24) is 0 Å². The van der Waals surface area contributed by atoms with Gasteiger partial charge in [-0.3, -0.25) is 9.11 Å². The van der Waals surface area contributed by atoms with Crippen LogP contribution in [0.4, 0.5) is 0 Å². The minimum atomic E-state index is -4.96. The van der Waals surface area contributed by atoms with E-state index in [1.165, 1.54) is 44.5 Å². The minimum absolute atomic E-state index is 0.0891. The maximum absolute atomic E-state index is 12.7. The van der Waals surface area contributed by atoms with Gasteiger partial charge in [0.2, 0.25) is 0 Å². The van der Waals surface area contributed by atoms with E-state index in [0.717, 1.165) is 35.1 Å². The highest BCUT2D eigenvalue weighted by molar-refractivity contribution is 7.81. The van der Waals surface area contributed by atoms with E-state index < -0.39 is 20.8 Å².